The molecule has 1 rings (SSSR count). The van der Waals surface area contributed by atoms with Crippen molar-refractivity contribution in [2.24, 2.45) is 17.2 Å². The van der Waals surface area contributed by atoms with E-state index in [1.807, 2.05) is 5.32 Å². The van der Waals surface area contributed by atoms with E-state index in [-0.39, 0.29) is 12.2 Å². The summed E-state index contributed by atoms with van der Waals surface area (Å²) in [5.41, 5.74) is 16.0. The van der Waals surface area contributed by atoms with Gasteiger partial charge in [0.1, 0.15) is 29.9 Å². The zero-order valence-corrected chi connectivity index (χ0v) is 18.5. The number of aliphatic hydroxyl groups is 1. The number of carboxylic acids is 1. The number of carboxylic acid groups (broad SMARTS) is 1. The number of amides is 5. The third-order valence-electron chi connectivity index (χ3n) is 4.60. The van der Waals surface area contributed by atoms with Crippen molar-refractivity contribution in [2.75, 3.05) is 6.61 Å². The number of carbonyl (C=O) groups excluding carboxylic acids is 5. The Kier molecular flexibility index (Phi) is 11.1. The van der Waals surface area contributed by atoms with Crippen LogP contribution in [0.15, 0.2) is 24.3 Å². The maximum absolute atomic E-state index is 13.0. The van der Waals surface area contributed by atoms with Crippen molar-refractivity contribution in [3.05, 3.63) is 29.8 Å². The molecule has 15 nitrogen and oxygen atoms in total. The molecule has 0 heterocycles. The number of benzene rings is 1. The molecule has 35 heavy (non-hydrogen) atoms. The number of hydrogen-bond donors (Lipinski definition) is 9. The average molecular weight is 496 g/mol. The second-order valence-corrected chi connectivity index (χ2v) is 7.52. The van der Waals surface area contributed by atoms with E-state index in [9.17, 15) is 33.9 Å². The third-order valence-corrected chi connectivity index (χ3v) is 4.60. The van der Waals surface area contributed by atoms with E-state index < -0.39 is 79.1 Å². The molecule has 0 aliphatic heterocycles. The van der Waals surface area contributed by atoms with Gasteiger partial charge >= 0.3 is 5.97 Å². The number of phenols is 1. The normalized spacial score (nSPS) is 14.0. The number of hydrogen-bond acceptors (Lipinski definition) is 9. The van der Waals surface area contributed by atoms with Crippen LogP contribution in [0.1, 0.15) is 18.4 Å². The molecule has 15 heteroatoms. The topological polar surface area (TPSA) is 277 Å². The standard InChI is InChI=1S/C20H28N6O9/c21-11(8-27)17(31)24-12(5-9-1-3-10(28)4-2-9)18(32)25-13(6-15(22)29)19(33)26-14(20(34)35)7-16(23)30/h1-4,11-14,27-28H,5-8,21H2,(H2,22,29)(H2,23,30)(H,24,31)(H,25,32)(H,26,33)(H,34,35). The summed E-state index contributed by atoms with van der Waals surface area (Å²) >= 11 is 0. The Morgan fingerprint density at radius 1 is 0.771 bits per heavy atom. The minimum atomic E-state index is -1.73. The SMILES string of the molecule is NC(=O)CC(NC(=O)C(CC(N)=O)NC(=O)C(Cc1ccc(O)cc1)NC(=O)C(N)CO)C(=O)O. The van der Waals surface area contributed by atoms with Crippen molar-refractivity contribution >= 4 is 35.5 Å². The van der Waals surface area contributed by atoms with Crippen LogP contribution >= 0.6 is 0 Å². The molecule has 12 N–H and O–H groups in total. The third kappa shape index (κ3) is 10.1. The molecule has 0 saturated heterocycles. The maximum atomic E-state index is 13.0. The van der Waals surface area contributed by atoms with E-state index in [1.165, 1.54) is 24.3 Å². The Balaban J connectivity index is 3.13. The van der Waals surface area contributed by atoms with Crippen LogP contribution in [0.5, 0.6) is 5.75 Å². The highest BCUT2D eigenvalue weighted by Gasteiger charge is 2.31. The van der Waals surface area contributed by atoms with Gasteiger partial charge in [-0.15, -0.1) is 0 Å². The lowest BCUT2D eigenvalue weighted by Gasteiger charge is -2.24. The predicted molar refractivity (Wildman–Crippen MR) is 118 cm³/mol. The van der Waals surface area contributed by atoms with Crippen LogP contribution in [0.4, 0.5) is 0 Å². The van der Waals surface area contributed by atoms with Crippen LogP contribution in [0.25, 0.3) is 0 Å². The number of nitrogens with two attached hydrogens (primary N) is 3. The monoisotopic (exact) mass is 496 g/mol. The van der Waals surface area contributed by atoms with Gasteiger partial charge < -0.3 is 48.5 Å². The average Bonchev–Trinajstić information content (AvgIpc) is 2.77. The van der Waals surface area contributed by atoms with Crippen LogP contribution in [-0.4, -0.2) is 81.6 Å². The van der Waals surface area contributed by atoms with Gasteiger partial charge in [0.15, 0.2) is 0 Å². The molecule has 0 bridgehead atoms. The van der Waals surface area contributed by atoms with E-state index in [4.69, 9.17) is 27.4 Å². The molecule has 0 fully saturated rings. The highest BCUT2D eigenvalue weighted by Crippen LogP contribution is 2.12. The lowest BCUT2D eigenvalue weighted by atomic mass is 10.0. The number of carbonyl (C=O) groups is 6. The molecule has 1 aromatic carbocycles. The summed E-state index contributed by atoms with van der Waals surface area (Å²) in [7, 11) is 0. The molecule has 0 spiro atoms. The van der Waals surface area contributed by atoms with Gasteiger partial charge in [0.2, 0.25) is 29.5 Å². The van der Waals surface area contributed by atoms with Crippen LogP contribution in [-0.2, 0) is 35.2 Å². The lowest BCUT2D eigenvalue weighted by molar-refractivity contribution is -0.144. The summed E-state index contributed by atoms with van der Waals surface area (Å²) in [6.07, 6.45) is -1.65. The number of nitrogens with one attached hydrogen (secondary N) is 3. The van der Waals surface area contributed by atoms with Crippen molar-refractivity contribution in [2.45, 2.75) is 43.4 Å². The first-order chi connectivity index (χ1) is 16.3. The molecule has 5 amide bonds. The second-order valence-electron chi connectivity index (χ2n) is 7.52. The quantitative estimate of drug-likeness (QED) is 0.119. The Morgan fingerprint density at radius 2 is 1.23 bits per heavy atom. The smallest absolute Gasteiger partial charge is 0.326 e. The Bertz CT molecular complexity index is 953. The minimum Gasteiger partial charge on any atom is -0.508 e. The molecule has 0 aliphatic rings. The molecule has 4 atom stereocenters. The summed E-state index contributed by atoms with van der Waals surface area (Å²) in [4.78, 5) is 71.5. The van der Waals surface area contributed by atoms with E-state index >= 15 is 0 Å². The van der Waals surface area contributed by atoms with Crippen molar-refractivity contribution in [1.29, 1.82) is 0 Å². The van der Waals surface area contributed by atoms with Gasteiger partial charge in [0.25, 0.3) is 0 Å². The number of aliphatic hydroxyl groups excluding tert-OH is 1. The van der Waals surface area contributed by atoms with Crippen molar-refractivity contribution in [3.63, 3.8) is 0 Å². The van der Waals surface area contributed by atoms with Crippen LogP contribution in [0.2, 0.25) is 0 Å². The molecular weight excluding hydrogens is 468 g/mol. The fraction of sp³-hybridized carbons (Fsp3) is 0.400. The Morgan fingerprint density at radius 3 is 1.71 bits per heavy atom. The number of phenolic OH excluding ortho intramolecular Hbond substituents is 1. The van der Waals surface area contributed by atoms with Gasteiger partial charge in [-0.1, -0.05) is 12.1 Å². The number of rotatable bonds is 14. The first-order valence-corrected chi connectivity index (χ1v) is 10.2. The summed E-state index contributed by atoms with van der Waals surface area (Å²) in [5, 5.41) is 34.2. The first-order valence-electron chi connectivity index (χ1n) is 10.2. The summed E-state index contributed by atoms with van der Waals surface area (Å²) in [6.45, 7) is -0.720. The Hall–Kier alpha value is -4.24. The fourth-order valence-electron chi connectivity index (χ4n) is 2.80. The van der Waals surface area contributed by atoms with Gasteiger partial charge in [-0.25, -0.2) is 4.79 Å². The van der Waals surface area contributed by atoms with Crippen molar-refractivity contribution in [1.82, 2.24) is 16.0 Å². The largest absolute Gasteiger partial charge is 0.508 e. The lowest BCUT2D eigenvalue weighted by Crippen LogP contribution is -2.58. The van der Waals surface area contributed by atoms with Gasteiger partial charge in [-0.2, -0.15) is 0 Å². The minimum absolute atomic E-state index is 0.0526. The molecule has 1 aromatic rings. The fourth-order valence-corrected chi connectivity index (χ4v) is 2.80. The summed E-state index contributed by atoms with van der Waals surface area (Å²) in [5.74, 6) is -6.69. The highest BCUT2D eigenvalue weighted by atomic mass is 16.4. The molecule has 0 aromatic heterocycles. The molecular formula is C20H28N6O9. The van der Waals surface area contributed by atoms with Crippen LogP contribution < -0.4 is 33.2 Å². The highest BCUT2D eigenvalue weighted by molar-refractivity contribution is 5.96. The Labute approximate surface area is 199 Å². The molecule has 4 unspecified atom stereocenters. The summed E-state index contributed by atoms with van der Waals surface area (Å²) in [6, 6.07) is -0.540. The first kappa shape index (κ1) is 28.8. The van der Waals surface area contributed by atoms with E-state index in [0.717, 1.165) is 0 Å². The van der Waals surface area contributed by atoms with Crippen molar-refractivity contribution in [3.8, 4) is 5.75 Å². The van der Waals surface area contributed by atoms with Gasteiger partial charge in [-0.3, -0.25) is 24.0 Å². The van der Waals surface area contributed by atoms with E-state index in [1.54, 1.807) is 0 Å². The zero-order valence-electron chi connectivity index (χ0n) is 18.5. The predicted octanol–water partition coefficient (Wildman–Crippen LogP) is -4.46. The van der Waals surface area contributed by atoms with Crippen LogP contribution in [0, 0.1) is 0 Å². The molecule has 0 radical (unpaired) electrons. The summed E-state index contributed by atoms with van der Waals surface area (Å²) < 4.78 is 0. The van der Waals surface area contributed by atoms with Crippen molar-refractivity contribution < 1.29 is 44.1 Å². The number of aromatic hydroxyl groups is 1. The number of aliphatic carboxylic acids is 1. The van der Waals surface area contributed by atoms with E-state index in [0.29, 0.717) is 5.56 Å². The van der Waals surface area contributed by atoms with E-state index in [2.05, 4.69) is 10.6 Å². The number of primary amides is 2. The van der Waals surface area contributed by atoms with Gasteiger partial charge in [-0.05, 0) is 17.7 Å². The maximum Gasteiger partial charge on any atom is 0.326 e. The molecule has 0 saturated carbocycles. The molecule has 0 aliphatic carbocycles. The zero-order chi connectivity index (χ0) is 26.7. The second kappa shape index (κ2) is 13.5. The van der Waals surface area contributed by atoms with Crippen LogP contribution in [0.3, 0.4) is 0 Å². The van der Waals surface area contributed by atoms with Gasteiger partial charge in [0, 0.05) is 6.42 Å². The van der Waals surface area contributed by atoms with Gasteiger partial charge in [0.05, 0.1) is 19.4 Å². The molecule has 192 valence electrons.